The van der Waals surface area contributed by atoms with Gasteiger partial charge in [0.25, 0.3) is 5.91 Å². The van der Waals surface area contributed by atoms with Crippen LogP contribution in [0.5, 0.6) is 0 Å². The molecule has 0 N–H and O–H groups in total. The second kappa shape index (κ2) is 5.27. The summed E-state index contributed by atoms with van der Waals surface area (Å²) in [6.45, 7) is 8.18. The first-order valence-electron chi connectivity index (χ1n) is 8.59. The van der Waals surface area contributed by atoms with Gasteiger partial charge in [-0.05, 0) is 44.9 Å². The number of amidine groups is 1. The third-order valence-electron chi connectivity index (χ3n) is 5.65. The standard InChI is InChI=1S/C19H22N5O2/c1-10-8-7-9-14(11(10)2)23-12(3)13(4)24-15-16(20-18(23)24)21(5)19(26)22(6)17(15)25/h7-9,15H,1-6H3/q+1. The summed E-state index contributed by atoms with van der Waals surface area (Å²) >= 11 is 0. The van der Waals surface area contributed by atoms with Gasteiger partial charge in [-0.2, -0.15) is 4.57 Å². The van der Waals surface area contributed by atoms with Crippen molar-refractivity contribution in [3.63, 3.8) is 0 Å². The van der Waals surface area contributed by atoms with E-state index in [1.807, 2.05) is 24.5 Å². The lowest BCUT2D eigenvalue weighted by molar-refractivity contribution is -0.682. The Bertz CT molecular complexity index is 1020. The largest absolute Gasteiger partial charge is 0.407 e. The van der Waals surface area contributed by atoms with Gasteiger partial charge >= 0.3 is 12.0 Å². The van der Waals surface area contributed by atoms with E-state index in [-0.39, 0.29) is 11.9 Å². The number of likely N-dealkylation sites (N-methyl/N-ethyl adjacent to an activating group) is 2. The molecule has 0 radical (unpaired) electrons. The molecule has 0 aliphatic carbocycles. The highest BCUT2D eigenvalue weighted by Gasteiger charge is 2.53. The van der Waals surface area contributed by atoms with Crippen molar-refractivity contribution < 1.29 is 14.2 Å². The van der Waals surface area contributed by atoms with Crippen molar-refractivity contribution in [1.82, 2.24) is 14.4 Å². The second-order valence-electron chi connectivity index (χ2n) is 7.01. The molecule has 26 heavy (non-hydrogen) atoms. The molecule has 2 aliphatic heterocycles. The first kappa shape index (κ1) is 16.5. The maximum absolute atomic E-state index is 12.8. The highest BCUT2D eigenvalue weighted by Crippen LogP contribution is 2.33. The number of hydrogen-bond donors (Lipinski definition) is 0. The van der Waals surface area contributed by atoms with Crippen molar-refractivity contribution >= 4 is 23.7 Å². The van der Waals surface area contributed by atoms with E-state index < -0.39 is 6.04 Å². The summed E-state index contributed by atoms with van der Waals surface area (Å²) in [4.78, 5) is 32.5. The molecule has 134 valence electrons. The third kappa shape index (κ3) is 1.88. The van der Waals surface area contributed by atoms with Gasteiger partial charge in [-0.1, -0.05) is 17.1 Å². The summed E-state index contributed by atoms with van der Waals surface area (Å²) in [6.07, 6.45) is 0. The number of nitrogens with zero attached hydrogens (tertiary/aromatic N) is 5. The van der Waals surface area contributed by atoms with Crippen LogP contribution in [0.3, 0.4) is 0 Å². The zero-order valence-electron chi connectivity index (χ0n) is 15.9. The number of benzene rings is 1. The lowest BCUT2D eigenvalue weighted by Crippen LogP contribution is -2.62. The van der Waals surface area contributed by atoms with Crippen LogP contribution in [-0.4, -0.2) is 46.2 Å². The van der Waals surface area contributed by atoms with Gasteiger partial charge in [0.15, 0.2) is 0 Å². The number of fused-ring (bicyclic) bond motifs is 3. The summed E-state index contributed by atoms with van der Waals surface area (Å²) in [5.74, 6) is 0.907. The predicted molar refractivity (Wildman–Crippen MR) is 97.0 cm³/mol. The summed E-state index contributed by atoms with van der Waals surface area (Å²) < 4.78 is 4.02. The van der Waals surface area contributed by atoms with Crippen molar-refractivity contribution in [2.24, 2.45) is 4.99 Å². The van der Waals surface area contributed by atoms with Crippen LogP contribution in [0.2, 0.25) is 0 Å². The Balaban J connectivity index is 2.01. The maximum Gasteiger partial charge on any atom is 0.407 e. The Morgan fingerprint density at radius 2 is 1.73 bits per heavy atom. The smallest absolute Gasteiger partial charge is 0.270 e. The van der Waals surface area contributed by atoms with Crippen molar-refractivity contribution in [3.05, 3.63) is 40.7 Å². The van der Waals surface area contributed by atoms with Crippen LogP contribution in [0.15, 0.2) is 23.2 Å². The van der Waals surface area contributed by atoms with Crippen LogP contribution in [-0.2, 0) is 4.79 Å². The Labute approximate surface area is 152 Å². The number of amides is 3. The molecule has 1 unspecified atom stereocenters. The number of imidazole rings is 1. The molecule has 2 aliphatic rings. The molecular weight excluding hydrogens is 330 g/mol. The molecule has 3 amide bonds. The number of imide groups is 1. The number of aliphatic imine (C=N–C) groups is 1. The molecule has 1 aromatic heterocycles. The lowest BCUT2D eigenvalue weighted by atomic mass is 10.1. The SMILES string of the molecule is Cc1cccc(-n2c(C)c(C)[n+]3c2N=C2C3C(=O)N(C)C(=O)N2C)c1C. The molecule has 0 spiro atoms. The Morgan fingerprint density at radius 3 is 2.42 bits per heavy atom. The first-order chi connectivity index (χ1) is 12.3. The number of hydrogen-bond acceptors (Lipinski definition) is 3. The summed E-state index contributed by atoms with van der Waals surface area (Å²) in [6, 6.07) is 5.20. The van der Waals surface area contributed by atoms with E-state index in [4.69, 9.17) is 4.99 Å². The van der Waals surface area contributed by atoms with E-state index in [9.17, 15) is 9.59 Å². The Morgan fingerprint density at radius 1 is 1.04 bits per heavy atom. The monoisotopic (exact) mass is 352 g/mol. The normalized spacial score (nSPS) is 19.0. The van der Waals surface area contributed by atoms with Crippen molar-refractivity contribution in [3.8, 4) is 5.69 Å². The van der Waals surface area contributed by atoms with E-state index in [2.05, 4.69) is 30.5 Å². The number of aryl methyl sites for hydroxylation is 1. The third-order valence-corrected chi connectivity index (χ3v) is 5.65. The predicted octanol–water partition coefficient (Wildman–Crippen LogP) is 2.11. The van der Waals surface area contributed by atoms with Crippen molar-refractivity contribution in [2.75, 3.05) is 14.1 Å². The average Bonchev–Trinajstić information content (AvgIpc) is 3.11. The topological polar surface area (TPSA) is 61.8 Å². The number of aromatic nitrogens is 2. The van der Waals surface area contributed by atoms with Gasteiger partial charge in [-0.3, -0.25) is 14.6 Å². The fraction of sp³-hybridized carbons (Fsp3) is 0.368. The molecule has 2 aromatic rings. The zero-order chi connectivity index (χ0) is 18.9. The highest BCUT2D eigenvalue weighted by molar-refractivity contribution is 6.18. The quantitative estimate of drug-likeness (QED) is 0.738. The number of carbonyl (C=O) groups excluding carboxylic acids is 2. The fourth-order valence-electron chi connectivity index (χ4n) is 3.78. The number of urea groups is 1. The summed E-state index contributed by atoms with van der Waals surface area (Å²) in [7, 11) is 3.17. The van der Waals surface area contributed by atoms with Crippen LogP contribution in [0.1, 0.15) is 28.6 Å². The van der Waals surface area contributed by atoms with Crippen LogP contribution in [0, 0.1) is 27.7 Å². The highest BCUT2D eigenvalue weighted by atomic mass is 16.2. The van der Waals surface area contributed by atoms with Crippen LogP contribution in [0.25, 0.3) is 5.69 Å². The van der Waals surface area contributed by atoms with E-state index in [1.54, 1.807) is 7.05 Å². The Hall–Kier alpha value is -2.96. The van der Waals surface area contributed by atoms with Crippen LogP contribution < -0.4 is 4.57 Å². The van der Waals surface area contributed by atoms with Crippen molar-refractivity contribution in [2.45, 2.75) is 33.7 Å². The van der Waals surface area contributed by atoms with Gasteiger partial charge < -0.3 is 0 Å². The van der Waals surface area contributed by atoms with Gasteiger partial charge in [0.1, 0.15) is 17.1 Å². The number of rotatable bonds is 1. The van der Waals surface area contributed by atoms with E-state index in [1.165, 1.54) is 17.5 Å². The molecule has 7 heteroatoms. The maximum atomic E-state index is 12.8. The van der Waals surface area contributed by atoms with E-state index in [0.29, 0.717) is 11.8 Å². The van der Waals surface area contributed by atoms with Crippen molar-refractivity contribution in [1.29, 1.82) is 0 Å². The van der Waals surface area contributed by atoms with Gasteiger partial charge in [0.2, 0.25) is 11.9 Å². The van der Waals surface area contributed by atoms with E-state index in [0.717, 1.165) is 27.5 Å². The molecule has 7 nitrogen and oxygen atoms in total. The fourth-order valence-corrected chi connectivity index (χ4v) is 3.78. The minimum absolute atomic E-state index is 0.253. The molecule has 1 atom stereocenters. The molecule has 1 saturated heterocycles. The molecular formula is C19H22N5O2+. The molecule has 1 aromatic carbocycles. The van der Waals surface area contributed by atoms with Crippen LogP contribution >= 0.6 is 0 Å². The van der Waals surface area contributed by atoms with Gasteiger partial charge in [-0.25, -0.2) is 9.36 Å². The molecule has 4 rings (SSSR count). The minimum atomic E-state index is -0.595. The van der Waals surface area contributed by atoms with Gasteiger partial charge in [-0.15, -0.1) is 0 Å². The van der Waals surface area contributed by atoms with E-state index >= 15 is 0 Å². The molecule has 3 heterocycles. The number of carbonyl (C=O) groups is 2. The molecule has 0 saturated carbocycles. The van der Waals surface area contributed by atoms with Crippen LogP contribution in [0.4, 0.5) is 10.7 Å². The Kier molecular flexibility index (Phi) is 3.34. The molecule has 1 fully saturated rings. The first-order valence-corrected chi connectivity index (χ1v) is 8.59. The lowest BCUT2D eigenvalue weighted by Gasteiger charge is -2.30. The second-order valence-corrected chi connectivity index (χ2v) is 7.01. The minimum Gasteiger partial charge on any atom is -0.270 e. The summed E-state index contributed by atoms with van der Waals surface area (Å²) in [5, 5.41) is 0. The summed E-state index contributed by atoms with van der Waals surface area (Å²) in [5.41, 5.74) is 5.40. The zero-order valence-corrected chi connectivity index (χ0v) is 15.9. The van der Waals surface area contributed by atoms with Gasteiger partial charge in [0.05, 0.1) is 0 Å². The average molecular weight is 352 g/mol. The van der Waals surface area contributed by atoms with Gasteiger partial charge in [0, 0.05) is 14.1 Å². The molecule has 0 bridgehead atoms.